The number of amides is 2. The smallest absolute Gasteiger partial charge is 0.327 e. The number of hydrogen-bond acceptors (Lipinski definition) is 15. The number of esters is 1. The Morgan fingerprint density at radius 1 is 1.38 bits per heavy atom. The van der Waals surface area contributed by atoms with Gasteiger partial charge >= 0.3 is 12.7 Å². The zero-order valence-corrected chi connectivity index (χ0v) is 25.3. The van der Waals surface area contributed by atoms with Gasteiger partial charge in [0.2, 0.25) is 23.6 Å². The van der Waals surface area contributed by atoms with E-state index in [2.05, 4.69) is 25.4 Å². The fourth-order valence-corrected chi connectivity index (χ4v) is 8.46. The summed E-state index contributed by atoms with van der Waals surface area (Å²) < 4.78 is 37.3. The highest BCUT2D eigenvalue weighted by Gasteiger charge is 2.54. The van der Waals surface area contributed by atoms with Crippen LogP contribution in [0.25, 0.3) is 11.2 Å². The van der Waals surface area contributed by atoms with E-state index in [-0.39, 0.29) is 35.2 Å². The summed E-state index contributed by atoms with van der Waals surface area (Å²) in [6.45, 7) is 1.59. The number of imidazole rings is 1. The lowest BCUT2D eigenvalue weighted by Crippen LogP contribution is -2.44. The Morgan fingerprint density at radius 3 is 2.71 bits per heavy atom. The Balaban J connectivity index is 1.53. The molecular formula is C23H34N7O10PS. The monoisotopic (exact) mass is 631 g/mol. The molecule has 2 aromatic rings. The van der Waals surface area contributed by atoms with Gasteiger partial charge in [-0.15, -0.1) is 0 Å². The number of anilines is 1. The van der Waals surface area contributed by atoms with Gasteiger partial charge in [0.1, 0.15) is 23.9 Å². The molecule has 4 heterocycles. The van der Waals surface area contributed by atoms with Crippen LogP contribution in [0.15, 0.2) is 6.33 Å². The van der Waals surface area contributed by atoms with Gasteiger partial charge in [-0.1, -0.05) is 11.4 Å². The first-order valence-electron chi connectivity index (χ1n) is 13.0. The highest BCUT2D eigenvalue weighted by molar-refractivity contribution is 8.56. The number of carbonyl (C=O) groups excluding carboxylic acids is 3. The van der Waals surface area contributed by atoms with E-state index in [1.165, 1.54) is 31.9 Å². The van der Waals surface area contributed by atoms with Gasteiger partial charge < -0.3 is 34.7 Å². The Bertz CT molecular complexity index is 1410. The molecule has 2 unspecified atom stereocenters. The van der Waals surface area contributed by atoms with E-state index in [0.717, 1.165) is 11.4 Å². The predicted molar refractivity (Wildman–Crippen MR) is 148 cm³/mol. The van der Waals surface area contributed by atoms with Crippen LogP contribution in [0.4, 0.5) is 5.95 Å². The van der Waals surface area contributed by atoms with E-state index in [1.807, 2.05) is 0 Å². The van der Waals surface area contributed by atoms with Crippen molar-refractivity contribution >= 4 is 53.0 Å². The summed E-state index contributed by atoms with van der Waals surface area (Å²) in [6, 6.07) is -1.08. The van der Waals surface area contributed by atoms with E-state index >= 15 is 0 Å². The molecule has 7 atom stereocenters. The minimum absolute atomic E-state index is 0.0633. The first kappa shape index (κ1) is 32.1. The third kappa shape index (κ3) is 6.69. The highest BCUT2D eigenvalue weighted by Crippen LogP contribution is 2.58. The van der Waals surface area contributed by atoms with Crippen molar-refractivity contribution in [2.24, 2.45) is 5.92 Å². The number of aromatic nitrogens is 4. The number of nitrogen functional groups attached to an aromatic ring is 1. The van der Waals surface area contributed by atoms with E-state index in [0.29, 0.717) is 0 Å². The van der Waals surface area contributed by atoms with Crippen LogP contribution in [0.1, 0.15) is 40.3 Å². The second kappa shape index (κ2) is 12.4. The standard InChI is InChI=1S/C23H34N7O10PS/c1-10(2)39-20(34)11(3)29-41(36,42-8-12-6-14(31)26-18(12)33)38-7-13-16(32)23(4,35)21(40-13)30-9-25-15-17(30)27-22(24)28-19(15)37-5/h9-13,16,21,32,35H,6-8H2,1-5H3,(H,29,36)(H2,24,27,28)(H,26,31,33)/t11-,12?,13-,16-,21-,23-,41?/m1/s1. The van der Waals surface area contributed by atoms with Crippen LogP contribution in [0.3, 0.4) is 0 Å². The minimum Gasteiger partial charge on any atom is -0.479 e. The lowest BCUT2D eigenvalue weighted by Gasteiger charge is -2.27. The number of aliphatic hydroxyl groups is 2. The molecule has 0 radical (unpaired) electrons. The Labute approximate surface area is 244 Å². The summed E-state index contributed by atoms with van der Waals surface area (Å²) in [4.78, 5) is 48.4. The SMILES string of the molecule is COc1nc(N)nc2c1ncn2[C@@H]1O[C@H](COP(=O)(N[C@H](C)C(=O)OC(C)C)SCC2CC(=O)NC2=O)[C@@H](O)[C@@]1(C)O. The third-order valence-electron chi connectivity index (χ3n) is 6.58. The summed E-state index contributed by atoms with van der Waals surface area (Å²) >= 11 is 0.724. The first-order chi connectivity index (χ1) is 19.6. The van der Waals surface area contributed by atoms with Gasteiger partial charge in [-0.3, -0.25) is 28.8 Å². The molecule has 2 amide bonds. The number of methoxy groups -OCH3 is 1. The molecule has 232 valence electrons. The number of aliphatic hydroxyl groups excluding tert-OH is 1. The molecule has 4 rings (SSSR count). The fourth-order valence-electron chi connectivity index (χ4n) is 4.44. The number of fused-ring (bicyclic) bond motifs is 1. The molecule has 6 N–H and O–H groups in total. The van der Waals surface area contributed by atoms with Gasteiger partial charge in [0.25, 0.3) is 0 Å². The van der Waals surface area contributed by atoms with Crippen molar-refractivity contribution in [3.63, 3.8) is 0 Å². The molecule has 0 saturated carbocycles. The summed E-state index contributed by atoms with van der Waals surface area (Å²) in [5.41, 5.74) is 4.29. The molecule has 2 aliphatic heterocycles. The molecule has 19 heteroatoms. The lowest BCUT2D eigenvalue weighted by atomic mass is 9.96. The van der Waals surface area contributed by atoms with E-state index in [9.17, 15) is 29.2 Å². The molecule has 2 aromatic heterocycles. The molecule has 2 aliphatic rings. The average Bonchev–Trinajstić information content (AvgIpc) is 3.53. The van der Waals surface area contributed by atoms with Crippen molar-refractivity contribution in [2.45, 2.75) is 70.3 Å². The van der Waals surface area contributed by atoms with Gasteiger partial charge in [0.15, 0.2) is 17.4 Å². The molecule has 2 saturated heterocycles. The predicted octanol–water partition coefficient (Wildman–Crippen LogP) is -0.123. The van der Waals surface area contributed by atoms with Crippen LogP contribution in [-0.2, 0) is 32.9 Å². The number of nitrogens with two attached hydrogens (primary N) is 1. The van der Waals surface area contributed by atoms with Crippen LogP contribution < -0.4 is 20.9 Å². The minimum atomic E-state index is -4.00. The highest BCUT2D eigenvalue weighted by atomic mass is 32.7. The van der Waals surface area contributed by atoms with Crippen LogP contribution in [0.5, 0.6) is 5.88 Å². The van der Waals surface area contributed by atoms with Crippen molar-refractivity contribution in [3.05, 3.63) is 6.33 Å². The zero-order chi connectivity index (χ0) is 31.0. The summed E-state index contributed by atoms with van der Waals surface area (Å²) in [5.74, 6) is -2.48. The van der Waals surface area contributed by atoms with E-state index in [1.54, 1.807) is 13.8 Å². The maximum atomic E-state index is 13.9. The van der Waals surface area contributed by atoms with Crippen LogP contribution in [0, 0.1) is 5.92 Å². The molecule has 0 bridgehead atoms. The maximum Gasteiger partial charge on any atom is 0.327 e. The quantitative estimate of drug-likeness (QED) is 0.116. The first-order valence-corrected chi connectivity index (χ1v) is 16.2. The van der Waals surface area contributed by atoms with Crippen LogP contribution in [0.2, 0.25) is 0 Å². The van der Waals surface area contributed by atoms with E-state index in [4.69, 9.17) is 24.5 Å². The molecule has 17 nitrogen and oxygen atoms in total. The van der Waals surface area contributed by atoms with Gasteiger partial charge in [0, 0.05) is 12.2 Å². The fraction of sp³-hybridized carbons (Fsp3) is 0.652. The molecule has 0 aliphatic carbocycles. The average molecular weight is 632 g/mol. The Hall–Kier alpha value is -2.86. The summed E-state index contributed by atoms with van der Waals surface area (Å²) in [5, 5.41) is 27.1. The van der Waals surface area contributed by atoms with Crippen LogP contribution >= 0.6 is 18.1 Å². The number of nitrogens with zero attached hydrogens (tertiary/aromatic N) is 4. The number of imide groups is 1. The van der Waals surface area contributed by atoms with Gasteiger partial charge in [-0.05, 0) is 27.7 Å². The van der Waals surface area contributed by atoms with Crippen molar-refractivity contribution in [3.8, 4) is 5.88 Å². The molecule has 42 heavy (non-hydrogen) atoms. The van der Waals surface area contributed by atoms with Gasteiger partial charge in [-0.25, -0.2) is 10.1 Å². The van der Waals surface area contributed by atoms with E-state index < -0.39 is 73.2 Å². The second-order valence-electron chi connectivity index (χ2n) is 10.4. The largest absolute Gasteiger partial charge is 0.479 e. The lowest BCUT2D eigenvalue weighted by molar-refractivity contribution is -0.149. The number of nitrogens with one attached hydrogen (secondary N) is 2. The van der Waals surface area contributed by atoms with Crippen molar-refractivity contribution in [2.75, 3.05) is 25.2 Å². The maximum absolute atomic E-state index is 13.9. The van der Waals surface area contributed by atoms with Crippen molar-refractivity contribution < 1.29 is 47.9 Å². The Morgan fingerprint density at radius 2 is 2.10 bits per heavy atom. The normalized spacial score (nSPS) is 28.2. The molecule has 0 spiro atoms. The number of hydrogen-bond donors (Lipinski definition) is 5. The summed E-state index contributed by atoms with van der Waals surface area (Å²) in [7, 11) is 1.38. The van der Waals surface area contributed by atoms with Crippen LogP contribution in [-0.4, -0.2) is 96.9 Å². The molecule has 0 aromatic carbocycles. The van der Waals surface area contributed by atoms with Crippen molar-refractivity contribution in [1.82, 2.24) is 29.9 Å². The van der Waals surface area contributed by atoms with Crippen molar-refractivity contribution in [1.29, 1.82) is 0 Å². The zero-order valence-electron chi connectivity index (χ0n) is 23.5. The number of rotatable bonds is 12. The number of carbonyl (C=O) groups is 3. The molecule has 2 fully saturated rings. The molecular weight excluding hydrogens is 597 g/mol. The number of ether oxygens (including phenoxy) is 3. The van der Waals surface area contributed by atoms with Gasteiger partial charge in [-0.2, -0.15) is 9.97 Å². The second-order valence-corrected chi connectivity index (χ2v) is 14.7. The third-order valence-corrected chi connectivity index (χ3v) is 10.8. The Kier molecular flexibility index (Phi) is 9.46. The van der Waals surface area contributed by atoms with Gasteiger partial charge in [0.05, 0.1) is 32.1 Å². The summed E-state index contributed by atoms with van der Waals surface area (Å²) in [6.07, 6.45) is -3.19. The topological polar surface area (TPSA) is 239 Å².